The number of ether oxygens (including phenoxy) is 4. The van der Waals surface area contributed by atoms with Crippen LogP contribution in [0.2, 0.25) is 0 Å². The van der Waals surface area contributed by atoms with Crippen LogP contribution in [0.1, 0.15) is 18.9 Å². The highest BCUT2D eigenvalue weighted by Crippen LogP contribution is 2.37. The van der Waals surface area contributed by atoms with Crippen LogP contribution in [0.15, 0.2) is 47.4 Å². The molecule has 0 bridgehead atoms. The number of hydrogen-bond acceptors (Lipinski definition) is 7. The Labute approximate surface area is 192 Å². The molecule has 0 atom stereocenters. The second-order valence-corrected chi connectivity index (χ2v) is 8.21. The number of nitrogens with zero attached hydrogens (tertiary/aromatic N) is 1. The smallest absolute Gasteiger partial charge is 0.266 e. The van der Waals surface area contributed by atoms with Gasteiger partial charge < -0.3 is 18.9 Å². The van der Waals surface area contributed by atoms with Gasteiger partial charge in [0.15, 0.2) is 11.5 Å². The lowest BCUT2D eigenvalue weighted by Gasteiger charge is -2.14. The molecule has 6 nitrogen and oxygen atoms in total. The van der Waals surface area contributed by atoms with Crippen molar-refractivity contribution in [2.45, 2.75) is 13.3 Å². The first-order chi connectivity index (χ1) is 15.1. The van der Waals surface area contributed by atoms with Gasteiger partial charge in [0.2, 0.25) is 0 Å². The van der Waals surface area contributed by atoms with Crippen LogP contribution in [0.3, 0.4) is 0 Å². The van der Waals surface area contributed by atoms with E-state index in [1.165, 1.54) is 11.8 Å². The van der Waals surface area contributed by atoms with Crippen LogP contribution in [-0.2, 0) is 4.79 Å². The number of para-hydroxylation sites is 1. The maximum Gasteiger partial charge on any atom is 0.266 e. The van der Waals surface area contributed by atoms with E-state index in [4.69, 9.17) is 31.2 Å². The lowest BCUT2D eigenvalue weighted by Crippen LogP contribution is -2.27. The van der Waals surface area contributed by atoms with Crippen molar-refractivity contribution < 1.29 is 23.7 Å². The fourth-order valence-corrected chi connectivity index (χ4v) is 4.36. The van der Waals surface area contributed by atoms with Crippen molar-refractivity contribution >= 4 is 40.3 Å². The molecule has 1 aliphatic rings. The summed E-state index contributed by atoms with van der Waals surface area (Å²) < 4.78 is 23.0. The fraction of sp³-hybridized carbons (Fsp3) is 0.304. The molecule has 1 saturated heterocycles. The van der Waals surface area contributed by atoms with Crippen molar-refractivity contribution in [3.63, 3.8) is 0 Å². The van der Waals surface area contributed by atoms with Crippen molar-refractivity contribution in [2.75, 3.05) is 34.0 Å². The number of carbonyl (C=O) groups excluding carboxylic acids is 1. The number of carbonyl (C=O) groups is 1. The Bertz CT molecular complexity index is 976. The van der Waals surface area contributed by atoms with Gasteiger partial charge in [-0.1, -0.05) is 42.2 Å². The van der Waals surface area contributed by atoms with Crippen molar-refractivity contribution in [1.29, 1.82) is 0 Å². The summed E-state index contributed by atoms with van der Waals surface area (Å²) in [7, 11) is 3.21. The number of thiocarbonyl (C=S) groups is 1. The number of thioether (sulfide) groups is 1. The fourth-order valence-electron chi connectivity index (χ4n) is 2.99. The molecule has 2 aromatic carbocycles. The Morgan fingerprint density at radius 3 is 2.48 bits per heavy atom. The maximum absolute atomic E-state index is 12.5. The van der Waals surface area contributed by atoms with Gasteiger partial charge in [-0.2, -0.15) is 0 Å². The molecule has 8 heteroatoms. The summed E-state index contributed by atoms with van der Waals surface area (Å²) in [5.74, 6) is 2.61. The van der Waals surface area contributed by atoms with Gasteiger partial charge >= 0.3 is 0 Å². The molecule has 0 unspecified atom stereocenters. The minimum atomic E-state index is -0.0852. The van der Waals surface area contributed by atoms with E-state index in [9.17, 15) is 4.79 Å². The molecule has 1 fully saturated rings. The van der Waals surface area contributed by atoms with Crippen LogP contribution in [0.4, 0.5) is 0 Å². The third-order valence-corrected chi connectivity index (χ3v) is 5.93. The zero-order chi connectivity index (χ0) is 22.2. The molecule has 31 heavy (non-hydrogen) atoms. The monoisotopic (exact) mass is 459 g/mol. The standard InChI is InChI=1S/C23H25NO5S2/c1-4-24-22(25)20(31-23(24)30)14-16-8-5-11-19(27-3)21(16)29-13-7-12-28-18-10-6-9-17(15-18)26-2/h5-6,8-11,14-15H,4,7,12-13H2,1-3H3/b20-14-. The van der Waals surface area contributed by atoms with E-state index in [1.54, 1.807) is 25.2 Å². The normalized spacial score (nSPS) is 14.8. The lowest BCUT2D eigenvalue weighted by molar-refractivity contribution is -0.121. The summed E-state index contributed by atoms with van der Waals surface area (Å²) in [6.07, 6.45) is 2.48. The molecule has 1 amide bonds. The van der Waals surface area contributed by atoms with Gasteiger partial charge in [-0.3, -0.25) is 9.69 Å². The van der Waals surface area contributed by atoms with Crippen LogP contribution in [0.5, 0.6) is 23.0 Å². The molecular formula is C23H25NO5S2. The molecule has 1 heterocycles. The van der Waals surface area contributed by atoms with Gasteiger partial charge in [0.05, 0.1) is 32.3 Å². The van der Waals surface area contributed by atoms with Crippen LogP contribution >= 0.6 is 24.0 Å². The predicted octanol–water partition coefficient (Wildman–Crippen LogP) is 4.77. The van der Waals surface area contributed by atoms with Crippen molar-refractivity contribution in [3.8, 4) is 23.0 Å². The zero-order valence-corrected chi connectivity index (χ0v) is 19.4. The van der Waals surface area contributed by atoms with E-state index in [0.29, 0.717) is 46.9 Å². The van der Waals surface area contributed by atoms with E-state index >= 15 is 0 Å². The minimum absolute atomic E-state index is 0.0852. The van der Waals surface area contributed by atoms with Crippen LogP contribution in [0.25, 0.3) is 6.08 Å². The largest absolute Gasteiger partial charge is 0.497 e. The van der Waals surface area contributed by atoms with E-state index in [2.05, 4.69) is 0 Å². The minimum Gasteiger partial charge on any atom is -0.497 e. The summed E-state index contributed by atoms with van der Waals surface area (Å²) in [4.78, 5) is 14.7. The first-order valence-electron chi connectivity index (χ1n) is 9.89. The molecule has 0 aromatic heterocycles. The van der Waals surface area contributed by atoms with Crippen LogP contribution in [-0.4, -0.2) is 49.1 Å². The van der Waals surface area contributed by atoms with Crippen molar-refractivity contribution in [3.05, 3.63) is 52.9 Å². The van der Waals surface area contributed by atoms with Gasteiger partial charge in [-0.25, -0.2) is 0 Å². The van der Waals surface area contributed by atoms with E-state index in [-0.39, 0.29) is 5.91 Å². The Hall–Kier alpha value is -2.71. The molecule has 0 radical (unpaired) electrons. The molecular weight excluding hydrogens is 434 g/mol. The summed E-state index contributed by atoms with van der Waals surface area (Å²) >= 11 is 6.59. The number of benzene rings is 2. The Kier molecular flexibility index (Phi) is 8.20. The van der Waals surface area contributed by atoms with E-state index in [0.717, 1.165) is 17.1 Å². The topological polar surface area (TPSA) is 57.2 Å². The average Bonchev–Trinajstić information content (AvgIpc) is 3.06. The molecule has 0 spiro atoms. The van der Waals surface area contributed by atoms with Gasteiger partial charge in [0, 0.05) is 24.6 Å². The first kappa shape index (κ1) is 23.0. The molecule has 0 saturated carbocycles. The predicted molar refractivity (Wildman–Crippen MR) is 127 cm³/mol. The Morgan fingerprint density at radius 1 is 1.03 bits per heavy atom. The van der Waals surface area contributed by atoms with Crippen molar-refractivity contribution in [1.82, 2.24) is 4.90 Å². The number of rotatable bonds is 10. The third-order valence-electron chi connectivity index (χ3n) is 4.55. The van der Waals surface area contributed by atoms with Gasteiger partial charge in [0.1, 0.15) is 15.8 Å². The zero-order valence-electron chi connectivity index (χ0n) is 17.8. The number of amides is 1. The molecule has 3 rings (SSSR count). The lowest BCUT2D eigenvalue weighted by atomic mass is 10.1. The second kappa shape index (κ2) is 11.1. The SMILES string of the molecule is CCN1C(=O)/C(=C/c2cccc(OC)c2OCCCOc2cccc(OC)c2)SC1=S. The van der Waals surface area contributed by atoms with E-state index in [1.807, 2.05) is 49.4 Å². The third kappa shape index (κ3) is 5.71. The summed E-state index contributed by atoms with van der Waals surface area (Å²) in [5.41, 5.74) is 0.768. The Balaban J connectivity index is 1.65. The maximum atomic E-state index is 12.5. The summed E-state index contributed by atoms with van der Waals surface area (Å²) in [6, 6.07) is 13.1. The summed E-state index contributed by atoms with van der Waals surface area (Å²) in [5, 5.41) is 0. The van der Waals surface area contributed by atoms with Gasteiger partial charge in [-0.15, -0.1) is 0 Å². The highest BCUT2D eigenvalue weighted by Gasteiger charge is 2.31. The Morgan fingerprint density at radius 2 is 1.77 bits per heavy atom. The number of likely N-dealkylation sites (N-methyl/N-ethyl adjacent to an activating group) is 1. The molecule has 2 aromatic rings. The van der Waals surface area contributed by atoms with Crippen LogP contribution in [0, 0.1) is 0 Å². The highest BCUT2D eigenvalue weighted by molar-refractivity contribution is 8.26. The average molecular weight is 460 g/mol. The van der Waals surface area contributed by atoms with Crippen LogP contribution < -0.4 is 18.9 Å². The molecule has 0 aliphatic carbocycles. The quantitative estimate of drug-likeness (QED) is 0.288. The number of methoxy groups -OCH3 is 2. The molecule has 0 N–H and O–H groups in total. The molecule has 164 valence electrons. The second-order valence-electron chi connectivity index (χ2n) is 6.53. The first-order valence-corrected chi connectivity index (χ1v) is 11.1. The summed E-state index contributed by atoms with van der Waals surface area (Å²) in [6.45, 7) is 3.38. The van der Waals surface area contributed by atoms with Gasteiger partial charge in [0.25, 0.3) is 5.91 Å². The van der Waals surface area contributed by atoms with Crippen molar-refractivity contribution in [2.24, 2.45) is 0 Å². The highest BCUT2D eigenvalue weighted by atomic mass is 32.2. The molecule has 1 aliphatic heterocycles. The van der Waals surface area contributed by atoms with Gasteiger partial charge in [-0.05, 0) is 31.2 Å². The number of hydrogen-bond donors (Lipinski definition) is 0. The van der Waals surface area contributed by atoms with E-state index < -0.39 is 0 Å².